The van der Waals surface area contributed by atoms with E-state index in [1.54, 1.807) is 30.3 Å². The molecule has 216 valence electrons. The third-order valence-corrected chi connectivity index (χ3v) is 8.43. The Morgan fingerprint density at radius 1 is 0.814 bits per heavy atom. The average molecular weight is 594 g/mol. The standard InChI is InChI=1S/C35H28ClNO6/c36-29-26-18-10-11-19-27(26)37-30(29)32-35(34(37)39,43-33(38)25-16-8-3-9-17-25)31(41-21-24-14-6-2-7-15-24)28(42-32)22-40-20-23-12-4-1-5-13-23/h1-19,28,31-32H,20-22H2/t28-,31-,32+,35-/m1/s1. The molecule has 1 aromatic heterocycles. The Kier molecular flexibility index (Phi) is 7.33. The van der Waals surface area contributed by atoms with E-state index in [2.05, 4.69) is 0 Å². The summed E-state index contributed by atoms with van der Waals surface area (Å²) in [7, 11) is 0. The van der Waals surface area contributed by atoms with Crippen LogP contribution in [0.5, 0.6) is 0 Å². The lowest BCUT2D eigenvalue weighted by molar-refractivity contribution is -0.101. The maximum absolute atomic E-state index is 14.7. The lowest BCUT2D eigenvalue weighted by Gasteiger charge is -2.32. The number of ether oxygens (including phenoxy) is 4. The van der Waals surface area contributed by atoms with Crippen molar-refractivity contribution in [1.82, 2.24) is 4.57 Å². The fourth-order valence-electron chi connectivity index (χ4n) is 6.05. The molecule has 8 heteroatoms. The van der Waals surface area contributed by atoms with Gasteiger partial charge in [0.05, 0.1) is 41.6 Å². The highest BCUT2D eigenvalue weighted by atomic mass is 35.5. The van der Waals surface area contributed by atoms with E-state index in [1.165, 1.54) is 4.57 Å². The van der Waals surface area contributed by atoms with Crippen LogP contribution in [0.2, 0.25) is 5.02 Å². The highest BCUT2D eigenvalue weighted by Gasteiger charge is 2.71. The van der Waals surface area contributed by atoms with Crippen LogP contribution in [0.15, 0.2) is 115 Å². The number of nitrogens with zero attached hydrogens (tertiary/aromatic N) is 1. The normalized spacial score (nSPS) is 22.4. The molecule has 2 aliphatic rings. The highest BCUT2D eigenvalue weighted by Crippen LogP contribution is 2.55. The molecule has 0 aliphatic carbocycles. The van der Waals surface area contributed by atoms with E-state index in [-0.39, 0.29) is 13.2 Å². The van der Waals surface area contributed by atoms with Crippen molar-refractivity contribution >= 4 is 34.4 Å². The summed E-state index contributed by atoms with van der Waals surface area (Å²) in [6.45, 7) is 0.598. The van der Waals surface area contributed by atoms with Crippen LogP contribution in [0.1, 0.15) is 38.1 Å². The molecule has 1 saturated heterocycles. The van der Waals surface area contributed by atoms with E-state index in [0.717, 1.165) is 11.1 Å². The van der Waals surface area contributed by atoms with Crippen LogP contribution in [0.4, 0.5) is 0 Å². The first-order chi connectivity index (χ1) is 21.1. The zero-order valence-corrected chi connectivity index (χ0v) is 23.9. The van der Waals surface area contributed by atoms with Gasteiger partial charge in [-0.25, -0.2) is 4.79 Å². The van der Waals surface area contributed by atoms with Crippen molar-refractivity contribution < 1.29 is 28.5 Å². The molecule has 0 radical (unpaired) electrons. The summed E-state index contributed by atoms with van der Waals surface area (Å²) < 4.78 is 27.0. The van der Waals surface area contributed by atoms with E-state index in [1.807, 2.05) is 84.9 Å². The van der Waals surface area contributed by atoms with Crippen LogP contribution < -0.4 is 0 Å². The number of halogens is 1. The van der Waals surface area contributed by atoms with Gasteiger partial charge in [0, 0.05) is 5.39 Å². The number of hydrogen-bond donors (Lipinski definition) is 0. The summed E-state index contributed by atoms with van der Waals surface area (Å²) in [6.07, 6.45) is -2.75. The minimum absolute atomic E-state index is 0.0978. The van der Waals surface area contributed by atoms with E-state index in [4.69, 9.17) is 30.5 Å². The molecule has 7 nitrogen and oxygen atoms in total. The fourth-order valence-corrected chi connectivity index (χ4v) is 6.39. The van der Waals surface area contributed by atoms with Gasteiger partial charge in [-0.2, -0.15) is 0 Å². The molecule has 0 N–H and O–H groups in total. The average Bonchev–Trinajstić information content (AvgIpc) is 3.60. The van der Waals surface area contributed by atoms with Gasteiger partial charge in [-0.3, -0.25) is 9.36 Å². The van der Waals surface area contributed by atoms with Gasteiger partial charge >= 0.3 is 5.97 Å². The second kappa shape index (κ2) is 11.4. The van der Waals surface area contributed by atoms with Crippen LogP contribution in [-0.4, -0.2) is 40.9 Å². The molecular weight excluding hydrogens is 566 g/mol. The van der Waals surface area contributed by atoms with E-state index in [9.17, 15) is 9.59 Å². The Morgan fingerprint density at radius 3 is 2.12 bits per heavy atom. The lowest BCUT2D eigenvalue weighted by atomic mass is 9.89. The molecule has 2 aliphatic heterocycles. The molecule has 0 bridgehead atoms. The maximum atomic E-state index is 14.7. The van der Waals surface area contributed by atoms with Gasteiger partial charge in [0.25, 0.3) is 11.5 Å². The van der Waals surface area contributed by atoms with Crippen molar-refractivity contribution in [1.29, 1.82) is 0 Å². The predicted molar refractivity (Wildman–Crippen MR) is 161 cm³/mol. The highest BCUT2D eigenvalue weighted by molar-refractivity contribution is 6.37. The van der Waals surface area contributed by atoms with Crippen molar-refractivity contribution in [3.05, 3.63) is 143 Å². The monoisotopic (exact) mass is 593 g/mol. The van der Waals surface area contributed by atoms with Crippen molar-refractivity contribution in [3.63, 3.8) is 0 Å². The summed E-state index contributed by atoms with van der Waals surface area (Å²) >= 11 is 6.94. The molecule has 5 aromatic rings. The molecule has 0 spiro atoms. The first-order valence-electron chi connectivity index (χ1n) is 14.1. The van der Waals surface area contributed by atoms with E-state index >= 15 is 0 Å². The summed E-state index contributed by atoms with van der Waals surface area (Å²) in [4.78, 5) is 28.4. The number of hydrogen-bond acceptors (Lipinski definition) is 6. The summed E-state index contributed by atoms with van der Waals surface area (Å²) in [5.41, 5.74) is 1.40. The number of rotatable bonds is 9. The fraction of sp³-hybridized carbons (Fsp3) is 0.200. The zero-order valence-electron chi connectivity index (χ0n) is 23.1. The SMILES string of the molecule is O=C(O[C@@]12C(=O)n3c(c(Cl)c4ccccc43)[C@@H]1O[C@H](COCc1ccccc1)[C@H]2OCc1ccccc1)c1ccccc1. The minimum atomic E-state index is -1.84. The molecule has 0 amide bonds. The maximum Gasteiger partial charge on any atom is 0.339 e. The predicted octanol–water partition coefficient (Wildman–Crippen LogP) is 6.79. The molecule has 0 saturated carbocycles. The first kappa shape index (κ1) is 27.6. The Hall–Kier alpha value is -4.27. The van der Waals surface area contributed by atoms with Crippen LogP contribution in [-0.2, 0) is 32.2 Å². The molecule has 1 fully saturated rings. The number of carbonyl (C=O) groups excluding carboxylic acids is 2. The van der Waals surface area contributed by atoms with Gasteiger partial charge in [0.2, 0.25) is 0 Å². The summed E-state index contributed by atoms with van der Waals surface area (Å²) in [5.74, 6) is -1.13. The molecule has 3 heterocycles. The van der Waals surface area contributed by atoms with Crippen molar-refractivity contribution in [2.45, 2.75) is 37.1 Å². The van der Waals surface area contributed by atoms with Crippen LogP contribution in [0.25, 0.3) is 10.9 Å². The third kappa shape index (κ3) is 4.75. The van der Waals surface area contributed by atoms with Crippen LogP contribution in [0, 0.1) is 0 Å². The molecule has 0 unspecified atom stereocenters. The van der Waals surface area contributed by atoms with Gasteiger partial charge < -0.3 is 18.9 Å². The molecular formula is C35H28ClNO6. The van der Waals surface area contributed by atoms with Crippen molar-refractivity contribution in [3.8, 4) is 0 Å². The Labute approximate surface area is 253 Å². The van der Waals surface area contributed by atoms with Gasteiger partial charge in [-0.1, -0.05) is 109 Å². The quantitative estimate of drug-likeness (QED) is 0.175. The number of aromatic nitrogens is 1. The van der Waals surface area contributed by atoms with Crippen LogP contribution >= 0.6 is 11.6 Å². The number of para-hydroxylation sites is 1. The van der Waals surface area contributed by atoms with Gasteiger partial charge in [0.1, 0.15) is 12.2 Å². The topological polar surface area (TPSA) is 76.0 Å². The molecule has 43 heavy (non-hydrogen) atoms. The van der Waals surface area contributed by atoms with Crippen molar-refractivity contribution in [2.75, 3.05) is 6.61 Å². The lowest BCUT2D eigenvalue weighted by Crippen LogP contribution is -2.55. The van der Waals surface area contributed by atoms with Crippen LogP contribution in [0.3, 0.4) is 0 Å². The second-order valence-corrected chi connectivity index (χ2v) is 11.1. The van der Waals surface area contributed by atoms with Gasteiger partial charge in [-0.05, 0) is 29.3 Å². The number of benzene rings is 4. The van der Waals surface area contributed by atoms with E-state index < -0.39 is 35.8 Å². The largest absolute Gasteiger partial charge is 0.439 e. The Morgan fingerprint density at radius 2 is 1.42 bits per heavy atom. The summed E-state index contributed by atoms with van der Waals surface area (Å²) in [5, 5.41) is 1.09. The second-order valence-electron chi connectivity index (χ2n) is 10.7. The number of esters is 1. The number of carbonyl (C=O) groups is 2. The zero-order chi connectivity index (χ0) is 29.4. The minimum Gasteiger partial charge on any atom is -0.439 e. The van der Waals surface area contributed by atoms with Gasteiger partial charge in [-0.15, -0.1) is 0 Å². The smallest absolute Gasteiger partial charge is 0.339 e. The van der Waals surface area contributed by atoms with Crippen molar-refractivity contribution in [2.24, 2.45) is 0 Å². The first-order valence-corrected chi connectivity index (χ1v) is 14.5. The summed E-state index contributed by atoms with van der Waals surface area (Å²) in [6, 6.07) is 35.3. The van der Waals surface area contributed by atoms with Gasteiger partial charge in [0.15, 0.2) is 6.10 Å². The molecule has 4 aromatic carbocycles. The van der Waals surface area contributed by atoms with E-state index in [0.29, 0.717) is 33.8 Å². The third-order valence-electron chi connectivity index (χ3n) is 8.03. The Bertz CT molecular complexity index is 1770. The Balaban J connectivity index is 1.31. The molecule has 7 rings (SSSR count). The number of fused-ring (bicyclic) bond motifs is 5. The molecule has 4 atom stereocenters.